The minimum absolute atomic E-state index is 0.0581. The van der Waals surface area contributed by atoms with Crippen molar-refractivity contribution in [2.24, 2.45) is 0 Å². The fourth-order valence-electron chi connectivity index (χ4n) is 1.17. The van der Waals surface area contributed by atoms with Gasteiger partial charge in [-0.05, 0) is 25.5 Å². The molecule has 2 N–H and O–H groups in total. The van der Waals surface area contributed by atoms with Crippen LogP contribution in [0.1, 0.15) is 11.3 Å². The molecule has 0 aliphatic carbocycles. The van der Waals surface area contributed by atoms with Gasteiger partial charge in [0.15, 0.2) is 0 Å². The smallest absolute Gasteiger partial charge is 0.313 e. The van der Waals surface area contributed by atoms with Crippen molar-refractivity contribution in [2.45, 2.75) is 13.8 Å². The molecule has 0 atom stereocenters. The van der Waals surface area contributed by atoms with Gasteiger partial charge in [0.1, 0.15) is 5.69 Å². The molecule has 0 saturated heterocycles. The molecule has 0 aliphatic heterocycles. The van der Waals surface area contributed by atoms with Crippen molar-refractivity contribution in [3.8, 4) is 11.6 Å². The molecule has 0 spiro atoms. The Morgan fingerprint density at radius 3 is 2.64 bits per heavy atom. The van der Waals surface area contributed by atoms with E-state index in [1.165, 1.54) is 0 Å². The Labute approximate surface area is 81.0 Å². The molecule has 0 aromatic carbocycles. The van der Waals surface area contributed by atoms with Crippen molar-refractivity contribution in [2.75, 3.05) is 5.73 Å². The van der Waals surface area contributed by atoms with E-state index in [2.05, 4.69) is 15.2 Å². The lowest BCUT2D eigenvalue weighted by atomic mass is 10.2. The number of aromatic nitrogens is 3. The summed E-state index contributed by atoms with van der Waals surface area (Å²) in [5, 5.41) is 7.37. The summed E-state index contributed by atoms with van der Waals surface area (Å²) in [7, 11) is 0. The van der Waals surface area contributed by atoms with Crippen LogP contribution < -0.4 is 5.73 Å². The van der Waals surface area contributed by atoms with Crippen LogP contribution in [0.25, 0.3) is 11.6 Å². The van der Waals surface area contributed by atoms with E-state index < -0.39 is 0 Å². The summed E-state index contributed by atoms with van der Waals surface area (Å²) in [6.07, 6.45) is 0. The lowest BCUT2D eigenvalue weighted by Gasteiger charge is -2.00. The number of nitrogen functional groups attached to an aromatic ring is 1. The maximum atomic E-state index is 5.34. The normalized spacial score (nSPS) is 10.4. The van der Waals surface area contributed by atoms with Gasteiger partial charge in [-0.2, -0.15) is 0 Å². The topological polar surface area (TPSA) is 77.8 Å². The zero-order valence-corrected chi connectivity index (χ0v) is 7.98. The fraction of sp³-hybridized carbons (Fsp3) is 0.222. The first-order chi connectivity index (χ1) is 6.66. The van der Waals surface area contributed by atoms with Crippen LogP contribution in [0.3, 0.4) is 0 Å². The van der Waals surface area contributed by atoms with Gasteiger partial charge < -0.3 is 10.2 Å². The van der Waals surface area contributed by atoms with Crippen LogP contribution in [0.5, 0.6) is 0 Å². The van der Waals surface area contributed by atoms with Crippen LogP contribution in [0, 0.1) is 13.8 Å². The first kappa shape index (κ1) is 8.68. The molecule has 0 amide bonds. The average molecular weight is 190 g/mol. The summed E-state index contributed by atoms with van der Waals surface area (Å²) >= 11 is 0. The monoisotopic (exact) mass is 190 g/mol. The lowest BCUT2D eigenvalue weighted by molar-refractivity contribution is 0.587. The minimum atomic E-state index is 0.0581. The number of pyridine rings is 1. The number of anilines is 1. The van der Waals surface area contributed by atoms with E-state index in [0.717, 1.165) is 11.3 Å². The van der Waals surface area contributed by atoms with Gasteiger partial charge in [0.2, 0.25) is 0 Å². The molecule has 0 unspecified atom stereocenters. The van der Waals surface area contributed by atoms with Crippen LogP contribution >= 0.6 is 0 Å². The van der Waals surface area contributed by atoms with Crippen LogP contribution in [0.15, 0.2) is 16.5 Å². The van der Waals surface area contributed by atoms with Gasteiger partial charge in [-0.1, -0.05) is 11.2 Å². The minimum Gasteiger partial charge on any atom is -0.402 e. The highest BCUT2D eigenvalue weighted by Crippen LogP contribution is 2.20. The molecular weight excluding hydrogens is 180 g/mol. The Hall–Kier alpha value is -1.91. The Morgan fingerprint density at radius 1 is 1.21 bits per heavy atom. The predicted molar refractivity (Wildman–Crippen MR) is 51.4 cm³/mol. The van der Waals surface area contributed by atoms with Crippen LogP contribution in [0.2, 0.25) is 0 Å². The molecule has 14 heavy (non-hydrogen) atoms. The van der Waals surface area contributed by atoms with Gasteiger partial charge >= 0.3 is 6.01 Å². The van der Waals surface area contributed by atoms with Gasteiger partial charge in [0.25, 0.3) is 5.89 Å². The number of rotatable bonds is 1. The third-order valence-electron chi connectivity index (χ3n) is 1.88. The number of aryl methyl sites for hydroxylation is 2. The molecule has 0 radical (unpaired) electrons. The molecule has 5 heteroatoms. The highest BCUT2D eigenvalue weighted by atomic mass is 16.4. The van der Waals surface area contributed by atoms with Crippen LogP contribution in [-0.2, 0) is 0 Å². The molecule has 5 nitrogen and oxygen atoms in total. The van der Waals surface area contributed by atoms with E-state index in [-0.39, 0.29) is 6.01 Å². The number of nitrogens with zero attached hydrogens (tertiary/aromatic N) is 3. The second-order valence-corrected chi connectivity index (χ2v) is 3.06. The van der Waals surface area contributed by atoms with E-state index in [1.807, 2.05) is 26.0 Å². The van der Waals surface area contributed by atoms with Gasteiger partial charge in [0, 0.05) is 5.69 Å². The second kappa shape index (κ2) is 3.10. The van der Waals surface area contributed by atoms with Crippen molar-refractivity contribution >= 4 is 6.01 Å². The summed E-state index contributed by atoms with van der Waals surface area (Å²) in [6, 6.07) is 3.94. The molecular formula is C9H10N4O. The summed E-state index contributed by atoms with van der Waals surface area (Å²) in [5.74, 6) is 0.365. The molecule has 2 heterocycles. The second-order valence-electron chi connectivity index (χ2n) is 3.06. The molecule has 2 rings (SSSR count). The summed E-state index contributed by atoms with van der Waals surface area (Å²) in [5.41, 5.74) is 7.92. The molecule has 0 aliphatic rings. The highest BCUT2D eigenvalue weighted by Gasteiger charge is 2.10. The fourth-order valence-corrected chi connectivity index (χ4v) is 1.17. The van der Waals surface area contributed by atoms with Crippen molar-refractivity contribution < 1.29 is 4.42 Å². The Balaban J connectivity index is 2.55. The van der Waals surface area contributed by atoms with Gasteiger partial charge in [-0.3, -0.25) is 0 Å². The average Bonchev–Trinajstić information content (AvgIpc) is 2.56. The van der Waals surface area contributed by atoms with E-state index >= 15 is 0 Å². The van der Waals surface area contributed by atoms with Crippen LogP contribution in [-0.4, -0.2) is 15.2 Å². The molecule has 0 bridgehead atoms. The van der Waals surface area contributed by atoms with Crippen molar-refractivity contribution in [3.05, 3.63) is 23.4 Å². The van der Waals surface area contributed by atoms with E-state index in [4.69, 9.17) is 10.2 Å². The number of nitrogens with two attached hydrogens (primary N) is 1. The SMILES string of the molecule is Cc1ccc(C)c(-c2nnc(N)o2)n1. The van der Waals surface area contributed by atoms with Crippen molar-refractivity contribution in [1.29, 1.82) is 0 Å². The predicted octanol–water partition coefficient (Wildman–Crippen LogP) is 1.33. The first-order valence-electron chi connectivity index (χ1n) is 4.20. The number of hydrogen-bond acceptors (Lipinski definition) is 5. The quantitative estimate of drug-likeness (QED) is 0.733. The molecule has 0 saturated carbocycles. The summed E-state index contributed by atoms with van der Waals surface area (Å²) in [4.78, 5) is 4.30. The molecule has 2 aromatic rings. The largest absolute Gasteiger partial charge is 0.402 e. The van der Waals surface area contributed by atoms with E-state index in [9.17, 15) is 0 Å². The first-order valence-corrected chi connectivity index (χ1v) is 4.20. The Morgan fingerprint density at radius 2 is 2.00 bits per heavy atom. The van der Waals surface area contributed by atoms with Crippen molar-refractivity contribution in [1.82, 2.24) is 15.2 Å². The maximum absolute atomic E-state index is 5.34. The Kier molecular flexibility index (Phi) is 1.92. The summed E-state index contributed by atoms with van der Waals surface area (Å²) in [6.45, 7) is 3.84. The highest BCUT2D eigenvalue weighted by molar-refractivity contribution is 5.52. The standard InChI is InChI=1S/C9H10N4O/c1-5-3-4-6(2)11-7(5)8-12-13-9(10)14-8/h3-4H,1-2H3,(H2,10,13). The van der Waals surface area contributed by atoms with Crippen LogP contribution in [0.4, 0.5) is 6.01 Å². The van der Waals surface area contributed by atoms with Gasteiger partial charge in [-0.15, -0.1) is 5.10 Å². The molecule has 2 aromatic heterocycles. The summed E-state index contributed by atoms with van der Waals surface area (Å²) < 4.78 is 5.10. The third kappa shape index (κ3) is 1.44. The Bertz CT molecular complexity index is 464. The van der Waals surface area contributed by atoms with E-state index in [1.54, 1.807) is 0 Å². The van der Waals surface area contributed by atoms with Gasteiger partial charge in [-0.25, -0.2) is 4.98 Å². The molecule has 72 valence electrons. The maximum Gasteiger partial charge on any atom is 0.313 e. The zero-order valence-electron chi connectivity index (χ0n) is 7.98. The zero-order chi connectivity index (χ0) is 10.1. The lowest BCUT2D eigenvalue weighted by Crippen LogP contribution is -1.90. The van der Waals surface area contributed by atoms with Crippen molar-refractivity contribution in [3.63, 3.8) is 0 Å². The third-order valence-corrected chi connectivity index (χ3v) is 1.88. The van der Waals surface area contributed by atoms with E-state index in [0.29, 0.717) is 11.6 Å². The number of hydrogen-bond donors (Lipinski definition) is 1. The molecule has 0 fully saturated rings. The van der Waals surface area contributed by atoms with Gasteiger partial charge in [0.05, 0.1) is 0 Å².